The highest BCUT2D eigenvalue weighted by Gasteiger charge is 2.40. The predicted octanol–water partition coefficient (Wildman–Crippen LogP) is -0.115. The van der Waals surface area contributed by atoms with E-state index in [0.29, 0.717) is 6.61 Å². The van der Waals surface area contributed by atoms with Gasteiger partial charge in [-0.1, -0.05) is 0 Å². The second kappa shape index (κ2) is 4.65. The van der Waals surface area contributed by atoms with Gasteiger partial charge in [0.25, 0.3) is 0 Å². The van der Waals surface area contributed by atoms with Crippen LogP contribution in [0.2, 0.25) is 0 Å². The third-order valence-corrected chi connectivity index (χ3v) is 3.20. The van der Waals surface area contributed by atoms with E-state index in [4.69, 9.17) is 10.5 Å². The molecule has 6 heteroatoms. The standard InChI is InChI=1S/C8H13NO4S/c1-12-7(11)5-8(4-6(9)10)13-2-3-14-8/h2-5H2,1H3,(H2,9,10). The van der Waals surface area contributed by atoms with Crippen molar-refractivity contribution in [2.24, 2.45) is 5.73 Å². The van der Waals surface area contributed by atoms with E-state index in [9.17, 15) is 9.59 Å². The molecule has 2 N–H and O–H groups in total. The smallest absolute Gasteiger partial charge is 0.309 e. The van der Waals surface area contributed by atoms with E-state index < -0.39 is 10.8 Å². The zero-order valence-electron chi connectivity index (χ0n) is 7.95. The minimum atomic E-state index is -0.793. The van der Waals surface area contributed by atoms with Gasteiger partial charge in [0.1, 0.15) is 4.93 Å². The Morgan fingerprint density at radius 1 is 1.57 bits per heavy atom. The van der Waals surface area contributed by atoms with Crippen LogP contribution < -0.4 is 5.73 Å². The van der Waals surface area contributed by atoms with Crippen molar-refractivity contribution in [1.29, 1.82) is 0 Å². The van der Waals surface area contributed by atoms with Gasteiger partial charge < -0.3 is 15.2 Å². The van der Waals surface area contributed by atoms with E-state index in [2.05, 4.69) is 4.74 Å². The Labute approximate surface area is 86.3 Å². The Kier molecular flexibility index (Phi) is 3.77. The second-order valence-corrected chi connectivity index (χ2v) is 4.44. The Balaban J connectivity index is 2.61. The molecule has 1 rings (SSSR count). The first-order chi connectivity index (χ1) is 6.58. The largest absolute Gasteiger partial charge is 0.469 e. The summed E-state index contributed by atoms with van der Waals surface area (Å²) in [5.74, 6) is -0.0893. The second-order valence-electron chi connectivity index (χ2n) is 3.00. The molecule has 1 unspecified atom stereocenters. The lowest BCUT2D eigenvalue weighted by molar-refractivity contribution is -0.145. The molecule has 1 heterocycles. The van der Waals surface area contributed by atoms with E-state index in [0.717, 1.165) is 5.75 Å². The van der Waals surface area contributed by atoms with E-state index in [1.54, 1.807) is 0 Å². The van der Waals surface area contributed by atoms with Crippen molar-refractivity contribution in [2.75, 3.05) is 19.5 Å². The van der Waals surface area contributed by atoms with Crippen molar-refractivity contribution < 1.29 is 19.1 Å². The van der Waals surface area contributed by atoms with Crippen LogP contribution >= 0.6 is 11.8 Å². The van der Waals surface area contributed by atoms with Gasteiger partial charge in [-0.3, -0.25) is 9.59 Å². The number of hydrogen-bond donors (Lipinski definition) is 1. The summed E-state index contributed by atoms with van der Waals surface area (Å²) in [5.41, 5.74) is 5.09. The van der Waals surface area contributed by atoms with Gasteiger partial charge in [0, 0.05) is 5.75 Å². The van der Waals surface area contributed by atoms with Gasteiger partial charge in [-0.25, -0.2) is 0 Å². The van der Waals surface area contributed by atoms with Crippen molar-refractivity contribution in [2.45, 2.75) is 17.8 Å². The van der Waals surface area contributed by atoms with Crippen LogP contribution in [-0.2, 0) is 19.1 Å². The first-order valence-electron chi connectivity index (χ1n) is 4.21. The normalized spacial score (nSPS) is 26.1. The monoisotopic (exact) mass is 219 g/mol. The molecule has 0 aromatic heterocycles. The fourth-order valence-corrected chi connectivity index (χ4v) is 2.49. The van der Waals surface area contributed by atoms with Crippen LogP contribution in [0.25, 0.3) is 0 Å². The number of carbonyl (C=O) groups is 2. The molecule has 1 aliphatic rings. The zero-order chi connectivity index (χ0) is 10.6. The molecular formula is C8H13NO4S. The summed E-state index contributed by atoms with van der Waals surface area (Å²) in [5, 5.41) is 0. The van der Waals surface area contributed by atoms with E-state index in [-0.39, 0.29) is 18.8 Å². The number of primary amides is 1. The molecule has 0 bridgehead atoms. The van der Waals surface area contributed by atoms with Crippen LogP contribution in [0.3, 0.4) is 0 Å². The van der Waals surface area contributed by atoms with Crippen LogP contribution in [0.5, 0.6) is 0 Å². The van der Waals surface area contributed by atoms with Crippen molar-refractivity contribution in [1.82, 2.24) is 0 Å². The minimum Gasteiger partial charge on any atom is -0.469 e. The summed E-state index contributed by atoms with van der Waals surface area (Å²) in [7, 11) is 1.31. The maximum absolute atomic E-state index is 11.1. The number of ether oxygens (including phenoxy) is 2. The fourth-order valence-electron chi connectivity index (χ4n) is 1.32. The fraction of sp³-hybridized carbons (Fsp3) is 0.750. The van der Waals surface area contributed by atoms with Crippen LogP contribution in [-0.4, -0.2) is 36.3 Å². The van der Waals surface area contributed by atoms with Gasteiger partial charge in [-0.15, -0.1) is 11.8 Å². The number of methoxy groups -OCH3 is 1. The summed E-state index contributed by atoms with van der Waals surface area (Å²) in [6.45, 7) is 0.537. The van der Waals surface area contributed by atoms with Crippen LogP contribution in [0, 0.1) is 0 Å². The van der Waals surface area contributed by atoms with Gasteiger partial charge in [0.05, 0.1) is 26.6 Å². The van der Waals surface area contributed by atoms with E-state index >= 15 is 0 Å². The molecule has 1 atom stereocenters. The highest BCUT2D eigenvalue weighted by molar-refractivity contribution is 8.00. The van der Waals surface area contributed by atoms with Crippen molar-refractivity contribution in [3.05, 3.63) is 0 Å². The molecule has 1 fully saturated rings. The van der Waals surface area contributed by atoms with Crippen LogP contribution in [0.15, 0.2) is 0 Å². The first-order valence-corrected chi connectivity index (χ1v) is 5.19. The summed E-state index contributed by atoms with van der Waals surface area (Å²) >= 11 is 1.44. The van der Waals surface area contributed by atoms with E-state index in [1.165, 1.54) is 18.9 Å². The number of hydrogen-bond acceptors (Lipinski definition) is 5. The van der Waals surface area contributed by atoms with Crippen molar-refractivity contribution >= 4 is 23.6 Å². The Hall–Kier alpha value is -0.750. The quantitative estimate of drug-likeness (QED) is 0.667. The summed E-state index contributed by atoms with van der Waals surface area (Å²) in [6, 6.07) is 0. The number of rotatable bonds is 4. The third kappa shape index (κ3) is 2.88. The van der Waals surface area contributed by atoms with Gasteiger partial charge in [-0.05, 0) is 0 Å². The van der Waals surface area contributed by atoms with Gasteiger partial charge in [0.15, 0.2) is 0 Å². The lowest BCUT2D eigenvalue weighted by Gasteiger charge is -2.24. The molecule has 80 valence electrons. The van der Waals surface area contributed by atoms with Crippen LogP contribution in [0.1, 0.15) is 12.8 Å². The molecule has 5 nitrogen and oxygen atoms in total. The SMILES string of the molecule is COC(=O)CC1(CC(N)=O)OCCS1. The van der Waals surface area contributed by atoms with Crippen molar-refractivity contribution in [3.63, 3.8) is 0 Å². The first kappa shape index (κ1) is 11.3. The number of thioether (sulfide) groups is 1. The number of amides is 1. The Morgan fingerprint density at radius 2 is 2.29 bits per heavy atom. The molecule has 0 radical (unpaired) electrons. The third-order valence-electron chi connectivity index (χ3n) is 1.90. The molecule has 1 amide bonds. The Bertz CT molecular complexity index is 237. The number of esters is 1. The molecule has 1 saturated heterocycles. The number of nitrogens with two attached hydrogens (primary N) is 1. The summed E-state index contributed by atoms with van der Waals surface area (Å²) in [6.07, 6.45) is 0.115. The highest BCUT2D eigenvalue weighted by atomic mass is 32.2. The molecule has 1 aliphatic heterocycles. The predicted molar refractivity (Wildman–Crippen MR) is 51.6 cm³/mol. The molecule has 0 aromatic carbocycles. The van der Waals surface area contributed by atoms with Gasteiger partial charge in [0.2, 0.25) is 5.91 Å². The summed E-state index contributed by atoms with van der Waals surface area (Å²) < 4.78 is 9.92. The molecule has 0 saturated carbocycles. The number of carbonyl (C=O) groups excluding carboxylic acids is 2. The molecule has 0 aliphatic carbocycles. The van der Waals surface area contributed by atoms with Gasteiger partial charge in [-0.2, -0.15) is 0 Å². The maximum atomic E-state index is 11.1. The lowest BCUT2D eigenvalue weighted by atomic mass is 10.1. The molecule has 0 aromatic rings. The summed E-state index contributed by atoms with van der Waals surface area (Å²) in [4.78, 5) is 21.1. The Morgan fingerprint density at radius 3 is 2.71 bits per heavy atom. The van der Waals surface area contributed by atoms with Gasteiger partial charge >= 0.3 is 5.97 Å². The molecule has 14 heavy (non-hydrogen) atoms. The topological polar surface area (TPSA) is 78.6 Å². The highest BCUT2D eigenvalue weighted by Crippen LogP contribution is 2.39. The van der Waals surface area contributed by atoms with Crippen molar-refractivity contribution in [3.8, 4) is 0 Å². The zero-order valence-corrected chi connectivity index (χ0v) is 8.76. The molecular weight excluding hydrogens is 206 g/mol. The maximum Gasteiger partial charge on any atom is 0.309 e. The average molecular weight is 219 g/mol. The molecule has 0 spiro atoms. The minimum absolute atomic E-state index is 0.0484. The van der Waals surface area contributed by atoms with Crippen LogP contribution in [0.4, 0.5) is 0 Å². The van der Waals surface area contributed by atoms with E-state index in [1.807, 2.05) is 0 Å². The average Bonchev–Trinajstić information content (AvgIpc) is 2.51. The lowest BCUT2D eigenvalue weighted by Crippen LogP contribution is -2.34.